The van der Waals surface area contributed by atoms with E-state index in [4.69, 9.17) is 0 Å². The van der Waals surface area contributed by atoms with Crippen LogP contribution in [0, 0.1) is 0 Å². The topological polar surface area (TPSA) is 58.6 Å². The molecule has 0 aromatic carbocycles. The van der Waals surface area contributed by atoms with Crippen LogP contribution in [-0.4, -0.2) is 18.9 Å². The lowest BCUT2D eigenvalue weighted by Crippen LogP contribution is -2.29. The third-order valence-electron chi connectivity index (χ3n) is 1.20. The molecule has 2 unspecified atom stereocenters. The fraction of sp³-hybridized carbons (Fsp3) is 1.00. The van der Waals surface area contributed by atoms with E-state index in [1.807, 2.05) is 0 Å². The molecular weight excluding hydrogens is 224 g/mol. The zero-order valence-corrected chi connectivity index (χ0v) is 8.60. The number of phosphoric acid groups is 1. The van der Waals surface area contributed by atoms with Crippen LogP contribution in [0.1, 0.15) is 20.3 Å². The maximum Gasteiger partial charge on any atom is 0.414 e. The van der Waals surface area contributed by atoms with Crippen molar-refractivity contribution in [1.82, 2.24) is 0 Å². The fourth-order valence-corrected chi connectivity index (χ4v) is 1.46. The van der Waals surface area contributed by atoms with Crippen LogP contribution in [0.15, 0.2) is 0 Å². The van der Waals surface area contributed by atoms with Gasteiger partial charge in [-0.3, -0.25) is 4.57 Å². The zero-order valence-electron chi connectivity index (χ0n) is 7.71. The quantitative estimate of drug-likeness (QED) is 0.682. The van der Waals surface area contributed by atoms with Crippen molar-refractivity contribution >= 4 is 7.82 Å². The Balaban J connectivity index is 4.15. The SMILES string of the molecule is CCCOP(=O)([O-])OC(C)C(F)(F)F. The highest BCUT2D eigenvalue weighted by Gasteiger charge is 2.39. The molecule has 0 aliphatic heterocycles. The van der Waals surface area contributed by atoms with Crippen LogP contribution < -0.4 is 4.89 Å². The van der Waals surface area contributed by atoms with Gasteiger partial charge in [0, 0.05) is 0 Å². The van der Waals surface area contributed by atoms with E-state index in [1.165, 1.54) is 0 Å². The van der Waals surface area contributed by atoms with Crippen molar-refractivity contribution in [3.8, 4) is 0 Å². The molecule has 14 heavy (non-hydrogen) atoms. The van der Waals surface area contributed by atoms with E-state index in [9.17, 15) is 22.6 Å². The molecule has 4 nitrogen and oxygen atoms in total. The molecular formula is C6H11F3O4P-. The number of phosphoric ester groups is 1. The summed E-state index contributed by atoms with van der Waals surface area (Å²) < 4.78 is 54.2. The molecule has 0 fully saturated rings. The van der Waals surface area contributed by atoms with Crippen molar-refractivity contribution < 1.29 is 31.7 Å². The minimum Gasteiger partial charge on any atom is -0.756 e. The largest absolute Gasteiger partial charge is 0.756 e. The van der Waals surface area contributed by atoms with Crippen LogP contribution in [0.5, 0.6) is 0 Å². The Bertz CT molecular complexity index is 218. The smallest absolute Gasteiger partial charge is 0.414 e. The number of hydrogen-bond donors (Lipinski definition) is 0. The highest BCUT2D eigenvalue weighted by Crippen LogP contribution is 2.42. The fourth-order valence-electron chi connectivity index (χ4n) is 0.487. The second-order valence-corrected chi connectivity index (χ2v) is 3.93. The zero-order chi connectivity index (χ0) is 11.4. The summed E-state index contributed by atoms with van der Waals surface area (Å²) in [6, 6.07) is 0. The van der Waals surface area contributed by atoms with Gasteiger partial charge in [-0.25, -0.2) is 0 Å². The maximum absolute atomic E-state index is 11.9. The molecule has 86 valence electrons. The van der Waals surface area contributed by atoms with Gasteiger partial charge in [-0.05, 0) is 13.3 Å². The van der Waals surface area contributed by atoms with Gasteiger partial charge in [-0.15, -0.1) is 0 Å². The van der Waals surface area contributed by atoms with Gasteiger partial charge in [-0.1, -0.05) is 6.92 Å². The molecule has 0 saturated heterocycles. The number of hydrogen-bond acceptors (Lipinski definition) is 4. The molecule has 0 spiro atoms. The summed E-state index contributed by atoms with van der Waals surface area (Å²) in [5, 5.41) is 0. The van der Waals surface area contributed by atoms with Crippen molar-refractivity contribution in [3.05, 3.63) is 0 Å². The molecule has 0 aliphatic carbocycles. The summed E-state index contributed by atoms with van der Waals surface area (Å²) in [4.78, 5) is 10.7. The van der Waals surface area contributed by atoms with Crippen LogP contribution in [0.4, 0.5) is 13.2 Å². The third-order valence-corrected chi connectivity index (χ3v) is 2.27. The first-order chi connectivity index (χ1) is 6.19. The van der Waals surface area contributed by atoms with E-state index in [-0.39, 0.29) is 6.61 Å². The molecule has 8 heteroatoms. The molecule has 0 aromatic rings. The molecule has 0 heterocycles. The normalized spacial score (nSPS) is 19.0. The average Bonchev–Trinajstić information content (AvgIpc) is 1.98. The van der Waals surface area contributed by atoms with Gasteiger partial charge in [0.05, 0.1) is 6.61 Å². The first-order valence-corrected chi connectivity index (χ1v) is 5.36. The summed E-state index contributed by atoms with van der Waals surface area (Å²) in [5.74, 6) is 0. The van der Waals surface area contributed by atoms with Crippen LogP contribution in [0.2, 0.25) is 0 Å². The Morgan fingerprint density at radius 1 is 1.50 bits per heavy atom. The lowest BCUT2D eigenvalue weighted by atomic mass is 10.4. The van der Waals surface area contributed by atoms with E-state index in [0.29, 0.717) is 13.3 Å². The summed E-state index contributed by atoms with van der Waals surface area (Å²) in [5.41, 5.74) is 0. The molecule has 2 atom stereocenters. The Morgan fingerprint density at radius 3 is 2.36 bits per heavy atom. The lowest BCUT2D eigenvalue weighted by Gasteiger charge is -2.27. The van der Waals surface area contributed by atoms with Gasteiger partial charge in [-0.2, -0.15) is 13.2 Å². The van der Waals surface area contributed by atoms with Crippen LogP contribution in [-0.2, 0) is 13.6 Å². The average molecular weight is 235 g/mol. The molecule has 0 N–H and O–H groups in total. The maximum atomic E-state index is 11.9. The molecule has 0 bridgehead atoms. The molecule has 0 saturated carbocycles. The molecule has 0 rings (SSSR count). The second-order valence-electron chi connectivity index (χ2n) is 2.57. The summed E-state index contributed by atoms with van der Waals surface area (Å²) >= 11 is 0. The second kappa shape index (κ2) is 5.11. The number of halogens is 3. The Hall–Kier alpha value is -0.100. The molecule has 0 amide bonds. The molecule has 0 aromatic heterocycles. The van der Waals surface area contributed by atoms with Gasteiger partial charge in [0.1, 0.15) is 0 Å². The summed E-state index contributed by atoms with van der Waals surface area (Å²) in [7, 11) is -4.83. The van der Waals surface area contributed by atoms with E-state index in [2.05, 4.69) is 9.05 Å². The Kier molecular flexibility index (Phi) is 5.08. The number of rotatable bonds is 5. The lowest BCUT2D eigenvalue weighted by molar-refractivity contribution is -0.254. The monoisotopic (exact) mass is 235 g/mol. The van der Waals surface area contributed by atoms with Gasteiger partial charge >= 0.3 is 6.18 Å². The Labute approximate surface area is 79.6 Å². The minimum atomic E-state index is -4.83. The first-order valence-electron chi connectivity index (χ1n) is 3.89. The van der Waals surface area contributed by atoms with Crippen molar-refractivity contribution in [2.24, 2.45) is 0 Å². The van der Waals surface area contributed by atoms with Crippen molar-refractivity contribution in [2.75, 3.05) is 6.61 Å². The van der Waals surface area contributed by atoms with Gasteiger partial charge in [0.15, 0.2) is 6.10 Å². The van der Waals surface area contributed by atoms with Crippen molar-refractivity contribution in [1.29, 1.82) is 0 Å². The van der Waals surface area contributed by atoms with Gasteiger partial charge in [0.25, 0.3) is 7.82 Å². The van der Waals surface area contributed by atoms with E-state index in [0.717, 1.165) is 0 Å². The highest BCUT2D eigenvalue weighted by atomic mass is 31.2. The van der Waals surface area contributed by atoms with Crippen molar-refractivity contribution in [2.45, 2.75) is 32.5 Å². The first kappa shape index (κ1) is 13.9. The molecule has 0 radical (unpaired) electrons. The van der Waals surface area contributed by atoms with Crippen LogP contribution in [0.25, 0.3) is 0 Å². The van der Waals surface area contributed by atoms with Gasteiger partial charge in [0.2, 0.25) is 0 Å². The van der Waals surface area contributed by atoms with Crippen molar-refractivity contribution in [3.63, 3.8) is 0 Å². The predicted octanol–water partition coefficient (Wildman–Crippen LogP) is 1.85. The number of alkyl halides is 3. The van der Waals surface area contributed by atoms with E-state index >= 15 is 0 Å². The standard InChI is InChI=1S/C6H12F3O4P/c1-3-4-12-14(10,11)13-5(2)6(7,8)9/h5H,3-4H2,1-2H3,(H,10,11)/p-1. The predicted molar refractivity (Wildman–Crippen MR) is 40.5 cm³/mol. The Morgan fingerprint density at radius 2 is 2.00 bits per heavy atom. The highest BCUT2D eigenvalue weighted by molar-refractivity contribution is 7.45. The van der Waals surface area contributed by atoms with E-state index in [1.54, 1.807) is 6.92 Å². The van der Waals surface area contributed by atoms with Crippen LogP contribution >= 0.6 is 7.82 Å². The van der Waals surface area contributed by atoms with Crippen LogP contribution in [0.3, 0.4) is 0 Å². The molecule has 0 aliphatic rings. The van der Waals surface area contributed by atoms with E-state index < -0.39 is 20.1 Å². The van der Waals surface area contributed by atoms with Gasteiger partial charge < -0.3 is 13.9 Å². The summed E-state index contributed by atoms with van der Waals surface area (Å²) in [6.07, 6.45) is -6.73. The summed E-state index contributed by atoms with van der Waals surface area (Å²) in [6.45, 7) is 2.03. The minimum absolute atomic E-state index is 0.189. The third kappa shape index (κ3) is 5.59.